The Morgan fingerprint density at radius 1 is 1.11 bits per heavy atom. The smallest absolute Gasteiger partial charge is 0.317 e. The van der Waals surface area contributed by atoms with Gasteiger partial charge in [0.25, 0.3) is 5.69 Å². The quantitative estimate of drug-likeness (QED) is 0.631. The van der Waals surface area contributed by atoms with Gasteiger partial charge >= 0.3 is 6.03 Å². The molecule has 8 nitrogen and oxygen atoms in total. The van der Waals surface area contributed by atoms with Gasteiger partial charge in [0.05, 0.1) is 4.92 Å². The maximum atomic E-state index is 12.5. The van der Waals surface area contributed by atoms with Crippen molar-refractivity contribution in [2.45, 2.75) is 32.2 Å². The number of nitrogens with zero attached hydrogens (tertiary/aromatic N) is 4. The van der Waals surface area contributed by atoms with E-state index < -0.39 is 4.92 Å². The number of hydrogen-bond donors (Lipinski definition) is 1. The van der Waals surface area contributed by atoms with E-state index in [-0.39, 0.29) is 17.8 Å². The molecule has 148 valence electrons. The predicted molar refractivity (Wildman–Crippen MR) is 105 cm³/mol. The number of likely N-dealkylation sites (tertiary alicyclic amines) is 1. The average molecular weight is 375 g/mol. The number of urea groups is 1. The van der Waals surface area contributed by atoms with Gasteiger partial charge in [0.15, 0.2) is 0 Å². The van der Waals surface area contributed by atoms with Crippen LogP contribution in [0.1, 0.15) is 26.2 Å². The zero-order valence-corrected chi connectivity index (χ0v) is 16.0. The number of nitro benzene ring substituents is 1. The molecule has 2 aliphatic heterocycles. The summed E-state index contributed by atoms with van der Waals surface area (Å²) < 4.78 is 0. The highest BCUT2D eigenvalue weighted by molar-refractivity contribution is 5.75. The standard InChI is InChI=1S/C19H29N5O3/c1-2-9-21-10-7-16(8-11-21)20-19(25)23-14-12-22(13-15-23)17-3-5-18(6-4-17)24(26)27/h3-6,16H,2,7-15H2,1H3,(H,20,25). The molecule has 3 rings (SSSR count). The van der Waals surface area contributed by atoms with E-state index in [0.717, 1.165) is 51.3 Å². The summed E-state index contributed by atoms with van der Waals surface area (Å²) in [7, 11) is 0. The number of nitro groups is 1. The molecule has 0 spiro atoms. The number of amides is 2. The van der Waals surface area contributed by atoms with Crippen LogP contribution < -0.4 is 10.2 Å². The van der Waals surface area contributed by atoms with Gasteiger partial charge in [0.2, 0.25) is 0 Å². The minimum absolute atomic E-state index is 0.0345. The summed E-state index contributed by atoms with van der Waals surface area (Å²) in [6, 6.07) is 6.92. The van der Waals surface area contributed by atoms with Gasteiger partial charge in [-0.05, 0) is 37.9 Å². The van der Waals surface area contributed by atoms with Crippen molar-refractivity contribution < 1.29 is 9.72 Å². The lowest BCUT2D eigenvalue weighted by molar-refractivity contribution is -0.384. The highest BCUT2D eigenvalue weighted by Crippen LogP contribution is 2.21. The molecule has 0 atom stereocenters. The molecule has 2 fully saturated rings. The second-order valence-corrected chi connectivity index (χ2v) is 7.31. The number of benzene rings is 1. The predicted octanol–water partition coefficient (Wildman–Crippen LogP) is 2.30. The van der Waals surface area contributed by atoms with Crippen molar-refractivity contribution >= 4 is 17.4 Å². The van der Waals surface area contributed by atoms with Gasteiger partial charge in [0.1, 0.15) is 0 Å². The molecule has 0 unspecified atom stereocenters. The van der Waals surface area contributed by atoms with E-state index in [0.29, 0.717) is 13.1 Å². The van der Waals surface area contributed by atoms with Gasteiger partial charge < -0.3 is 20.0 Å². The Morgan fingerprint density at radius 2 is 1.74 bits per heavy atom. The molecule has 0 aromatic heterocycles. The average Bonchev–Trinajstić information content (AvgIpc) is 2.70. The summed E-state index contributed by atoms with van der Waals surface area (Å²) in [5.41, 5.74) is 1.06. The lowest BCUT2D eigenvalue weighted by Gasteiger charge is -2.38. The number of carbonyl (C=O) groups is 1. The highest BCUT2D eigenvalue weighted by atomic mass is 16.6. The van der Waals surface area contributed by atoms with Gasteiger partial charge in [-0.25, -0.2) is 4.79 Å². The van der Waals surface area contributed by atoms with Crippen molar-refractivity contribution in [3.8, 4) is 0 Å². The second-order valence-electron chi connectivity index (χ2n) is 7.31. The SMILES string of the molecule is CCCN1CCC(NC(=O)N2CCN(c3ccc([N+](=O)[O-])cc3)CC2)CC1. The Bertz CT molecular complexity index is 635. The Balaban J connectivity index is 1.43. The minimum atomic E-state index is -0.390. The molecule has 2 saturated heterocycles. The second kappa shape index (κ2) is 9.03. The van der Waals surface area contributed by atoms with Gasteiger partial charge in [0, 0.05) is 63.1 Å². The van der Waals surface area contributed by atoms with E-state index in [1.165, 1.54) is 18.6 Å². The first-order valence-electron chi connectivity index (χ1n) is 9.84. The van der Waals surface area contributed by atoms with Crippen molar-refractivity contribution in [2.24, 2.45) is 0 Å². The Labute approximate surface area is 160 Å². The van der Waals surface area contributed by atoms with Crippen LogP contribution in [0.5, 0.6) is 0 Å². The Morgan fingerprint density at radius 3 is 2.30 bits per heavy atom. The number of piperidine rings is 1. The van der Waals surface area contributed by atoms with Gasteiger partial charge in [-0.2, -0.15) is 0 Å². The fraction of sp³-hybridized carbons (Fsp3) is 0.632. The summed E-state index contributed by atoms with van der Waals surface area (Å²) in [4.78, 5) is 29.4. The molecule has 1 N–H and O–H groups in total. The lowest BCUT2D eigenvalue weighted by Crippen LogP contribution is -2.55. The number of hydrogen-bond acceptors (Lipinski definition) is 5. The van der Waals surface area contributed by atoms with E-state index in [9.17, 15) is 14.9 Å². The lowest BCUT2D eigenvalue weighted by atomic mass is 10.1. The van der Waals surface area contributed by atoms with Crippen LogP contribution in [-0.2, 0) is 0 Å². The Kier molecular flexibility index (Phi) is 6.49. The van der Waals surface area contributed by atoms with Crippen LogP contribution in [0.25, 0.3) is 0 Å². The van der Waals surface area contributed by atoms with Crippen LogP contribution in [0.2, 0.25) is 0 Å². The number of anilines is 1. The summed E-state index contributed by atoms with van der Waals surface area (Å²) in [5, 5.41) is 14.0. The first-order valence-corrected chi connectivity index (χ1v) is 9.84. The van der Waals surface area contributed by atoms with Gasteiger partial charge in [-0.3, -0.25) is 10.1 Å². The van der Waals surface area contributed by atoms with Crippen molar-refractivity contribution in [3.63, 3.8) is 0 Å². The van der Waals surface area contributed by atoms with E-state index in [2.05, 4.69) is 22.0 Å². The molecule has 8 heteroatoms. The van der Waals surface area contributed by atoms with Crippen LogP contribution in [0.4, 0.5) is 16.2 Å². The molecule has 2 heterocycles. The van der Waals surface area contributed by atoms with Crippen LogP contribution in [0.3, 0.4) is 0 Å². The number of carbonyl (C=O) groups excluding carboxylic acids is 1. The molecule has 27 heavy (non-hydrogen) atoms. The Hall–Kier alpha value is -2.35. The largest absolute Gasteiger partial charge is 0.368 e. The molecular formula is C19H29N5O3. The van der Waals surface area contributed by atoms with E-state index in [4.69, 9.17) is 0 Å². The fourth-order valence-corrected chi connectivity index (χ4v) is 3.84. The van der Waals surface area contributed by atoms with Crippen LogP contribution in [0.15, 0.2) is 24.3 Å². The van der Waals surface area contributed by atoms with Crippen molar-refractivity contribution in [1.29, 1.82) is 0 Å². The van der Waals surface area contributed by atoms with Crippen LogP contribution in [0, 0.1) is 10.1 Å². The number of nitrogens with one attached hydrogen (secondary N) is 1. The molecule has 2 amide bonds. The van der Waals surface area contributed by atoms with Crippen molar-refractivity contribution in [3.05, 3.63) is 34.4 Å². The zero-order valence-electron chi connectivity index (χ0n) is 16.0. The fourth-order valence-electron chi connectivity index (χ4n) is 3.84. The highest BCUT2D eigenvalue weighted by Gasteiger charge is 2.25. The van der Waals surface area contributed by atoms with Crippen LogP contribution >= 0.6 is 0 Å². The third-order valence-electron chi connectivity index (χ3n) is 5.45. The zero-order chi connectivity index (χ0) is 19.2. The van der Waals surface area contributed by atoms with Crippen molar-refractivity contribution in [1.82, 2.24) is 15.1 Å². The van der Waals surface area contributed by atoms with E-state index in [1.807, 2.05) is 4.90 Å². The first-order chi connectivity index (χ1) is 13.1. The molecule has 2 aliphatic rings. The summed E-state index contributed by atoms with van der Waals surface area (Å²) in [6.45, 7) is 8.27. The maximum absolute atomic E-state index is 12.5. The molecule has 0 aliphatic carbocycles. The minimum Gasteiger partial charge on any atom is -0.368 e. The maximum Gasteiger partial charge on any atom is 0.317 e. The third-order valence-corrected chi connectivity index (χ3v) is 5.45. The number of non-ortho nitro benzene ring substituents is 1. The van der Waals surface area contributed by atoms with Gasteiger partial charge in [-0.15, -0.1) is 0 Å². The summed E-state index contributed by atoms with van der Waals surface area (Å²) in [5.74, 6) is 0. The first kappa shape index (κ1) is 19.4. The number of rotatable bonds is 5. The normalized spacial score (nSPS) is 19.1. The molecule has 1 aromatic carbocycles. The summed E-state index contributed by atoms with van der Waals surface area (Å²) >= 11 is 0. The molecular weight excluding hydrogens is 346 g/mol. The summed E-state index contributed by atoms with van der Waals surface area (Å²) in [6.07, 6.45) is 3.22. The topological polar surface area (TPSA) is 82.0 Å². The van der Waals surface area contributed by atoms with Crippen molar-refractivity contribution in [2.75, 3.05) is 50.7 Å². The van der Waals surface area contributed by atoms with Gasteiger partial charge in [-0.1, -0.05) is 6.92 Å². The molecule has 1 aromatic rings. The molecule has 0 bridgehead atoms. The monoisotopic (exact) mass is 375 g/mol. The van der Waals surface area contributed by atoms with Crippen LogP contribution in [-0.4, -0.2) is 72.6 Å². The molecule has 0 saturated carbocycles. The van der Waals surface area contributed by atoms with E-state index >= 15 is 0 Å². The van der Waals surface area contributed by atoms with E-state index in [1.54, 1.807) is 12.1 Å². The third kappa shape index (κ3) is 5.09. The molecule has 0 radical (unpaired) electrons. The number of piperazine rings is 1.